The Balaban J connectivity index is 1.91. The third-order valence-corrected chi connectivity index (χ3v) is 28.3. The SMILES string of the molecule is CC(C)(C)[Si](c1ccccc1)(c1ccccc1)[Si](Cc1ccccc1)(Cc1ccccc1)Cc1ccccc1. The van der Waals surface area contributed by atoms with Gasteiger partial charge in [0.05, 0.1) is 7.59 Å². The van der Waals surface area contributed by atoms with Crippen LogP contribution in [0.2, 0.25) is 5.04 Å². The first-order valence-corrected chi connectivity index (χ1v) is 19.8. The molecule has 0 bridgehead atoms. The molecule has 0 unspecified atom stereocenters. The Kier molecular flexibility index (Phi) is 8.16. The van der Waals surface area contributed by atoms with Crippen LogP contribution in [0, 0.1) is 0 Å². The number of hydrogen-bond acceptors (Lipinski definition) is 0. The molecule has 0 spiro atoms. The lowest BCUT2D eigenvalue weighted by atomic mass is 10.2. The maximum Gasteiger partial charge on any atom is 0.117 e. The van der Waals surface area contributed by atoms with E-state index in [0.29, 0.717) is 0 Å². The summed E-state index contributed by atoms with van der Waals surface area (Å²) in [6.45, 7) is 7.63. The van der Waals surface area contributed by atoms with Crippen LogP contribution in [0.4, 0.5) is 0 Å². The fourth-order valence-electron chi connectivity index (χ4n) is 7.36. The van der Waals surface area contributed by atoms with Crippen molar-refractivity contribution >= 4 is 25.6 Å². The molecule has 0 aliphatic rings. The summed E-state index contributed by atoms with van der Waals surface area (Å²) in [4.78, 5) is 0. The minimum absolute atomic E-state index is 0.0975. The Labute approximate surface area is 237 Å². The molecule has 0 radical (unpaired) electrons. The highest BCUT2D eigenvalue weighted by molar-refractivity contribution is 7.52. The van der Waals surface area contributed by atoms with Gasteiger partial charge in [-0.05, 0) is 23.2 Å². The minimum atomic E-state index is -2.44. The molecule has 0 amide bonds. The fourth-order valence-corrected chi connectivity index (χ4v) is 31.5. The van der Waals surface area contributed by atoms with Crippen molar-refractivity contribution in [2.24, 2.45) is 0 Å². The van der Waals surface area contributed by atoms with Crippen molar-refractivity contribution in [3.05, 3.63) is 168 Å². The zero-order chi connectivity index (χ0) is 27.2. The first-order valence-electron chi connectivity index (χ1n) is 14.2. The van der Waals surface area contributed by atoms with Gasteiger partial charge in [-0.2, -0.15) is 0 Å². The molecule has 0 nitrogen and oxygen atoms in total. The molecule has 196 valence electrons. The molecule has 0 saturated carbocycles. The van der Waals surface area contributed by atoms with Crippen LogP contribution >= 0.6 is 0 Å². The molecule has 0 aromatic heterocycles. The van der Waals surface area contributed by atoms with E-state index in [-0.39, 0.29) is 5.04 Å². The van der Waals surface area contributed by atoms with E-state index in [9.17, 15) is 0 Å². The molecule has 2 heteroatoms. The van der Waals surface area contributed by atoms with Crippen molar-refractivity contribution in [2.75, 3.05) is 0 Å². The van der Waals surface area contributed by atoms with Crippen molar-refractivity contribution < 1.29 is 0 Å². The summed E-state index contributed by atoms with van der Waals surface area (Å²) in [6.07, 6.45) is 0. The van der Waals surface area contributed by atoms with Crippen LogP contribution in [0.3, 0.4) is 0 Å². The topological polar surface area (TPSA) is 0 Å². The molecular weight excluding hydrogens is 501 g/mol. The summed E-state index contributed by atoms with van der Waals surface area (Å²) in [5.41, 5.74) is 4.43. The van der Waals surface area contributed by atoms with Crippen molar-refractivity contribution in [1.29, 1.82) is 0 Å². The summed E-state index contributed by atoms with van der Waals surface area (Å²) in [5.74, 6) is 0. The average molecular weight is 541 g/mol. The van der Waals surface area contributed by atoms with Gasteiger partial charge in [0.2, 0.25) is 0 Å². The van der Waals surface area contributed by atoms with Crippen molar-refractivity contribution in [2.45, 2.75) is 43.9 Å². The molecule has 39 heavy (non-hydrogen) atoms. The van der Waals surface area contributed by atoms with Gasteiger partial charge in [0.15, 0.2) is 0 Å². The fraction of sp³-hybridized carbons (Fsp3) is 0.189. The van der Waals surface area contributed by atoms with Crippen LogP contribution < -0.4 is 10.4 Å². The summed E-state index contributed by atoms with van der Waals surface area (Å²) in [5, 5.41) is 3.26. The van der Waals surface area contributed by atoms with E-state index in [0.717, 1.165) is 18.1 Å². The Morgan fingerprint density at radius 1 is 0.385 bits per heavy atom. The predicted molar refractivity (Wildman–Crippen MR) is 174 cm³/mol. The van der Waals surface area contributed by atoms with Crippen LogP contribution in [-0.4, -0.2) is 15.2 Å². The highest BCUT2D eigenvalue weighted by atomic mass is 29.3. The van der Waals surface area contributed by atoms with Gasteiger partial charge in [-0.25, -0.2) is 0 Å². The van der Waals surface area contributed by atoms with E-state index in [4.69, 9.17) is 0 Å². The molecular formula is C37H40Si2. The highest BCUT2D eigenvalue weighted by Crippen LogP contribution is 2.45. The quantitative estimate of drug-likeness (QED) is 0.167. The second-order valence-electron chi connectivity index (χ2n) is 12.0. The normalized spacial score (nSPS) is 12.3. The van der Waals surface area contributed by atoms with E-state index in [1.54, 1.807) is 10.4 Å². The third-order valence-electron chi connectivity index (χ3n) is 8.49. The van der Waals surface area contributed by atoms with Gasteiger partial charge in [0.25, 0.3) is 0 Å². The van der Waals surface area contributed by atoms with Gasteiger partial charge in [0.1, 0.15) is 7.59 Å². The molecule has 0 heterocycles. The third kappa shape index (κ3) is 5.50. The molecule has 0 atom stereocenters. The van der Waals surface area contributed by atoms with Gasteiger partial charge in [-0.15, -0.1) is 0 Å². The predicted octanol–water partition coefficient (Wildman–Crippen LogP) is 7.92. The standard InChI is InChI=1S/C37H40Si2/c1-37(2,3)39(35-25-15-7-16-26-35,36-27-17-8-18-28-36)38(29-32-19-9-4-10-20-32,30-33-21-11-5-12-22-33)31-34-23-13-6-14-24-34/h4-28H,29-31H2,1-3H3. The number of hydrogen-bond donors (Lipinski definition) is 0. The van der Waals surface area contributed by atoms with E-state index >= 15 is 0 Å². The summed E-state index contributed by atoms with van der Waals surface area (Å²) in [7, 11) is -4.71. The van der Waals surface area contributed by atoms with E-state index < -0.39 is 15.2 Å². The average Bonchev–Trinajstić information content (AvgIpc) is 2.95. The van der Waals surface area contributed by atoms with Gasteiger partial charge >= 0.3 is 0 Å². The lowest BCUT2D eigenvalue weighted by Gasteiger charge is -2.56. The lowest BCUT2D eigenvalue weighted by Crippen LogP contribution is -2.83. The summed E-state index contributed by atoms with van der Waals surface area (Å²) in [6, 6.07) is 60.9. The second-order valence-corrected chi connectivity index (χ2v) is 25.2. The van der Waals surface area contributed by atoms with Crippen LogP contribution in [-0.2, 0) is 18.1 Å². The number of rotatable bonds is 9. The Morgan fingerprint density at radius 2 is 0.641 bits per heavy atom. The molecule has 5 rings (SSSR count). The largest absolute Gasteiger partial charge is 0.117 e. The van der Waals surface area contributed by atoms with E-state index in [2.05, 4.69) is 172 Å². The van der Waals surface area contributed by atoms with Crippen LogP contribution in [0.15, 0.2) is 152 Å². The number of benzene rings is 5. The minimum Gasteiger partial charge on any atom is -0.0628 e. The molecule has 0 N–H and O–H groups in total. The molecule has 0 aliphatic carbocycles. The molecule has 0 aliphatic heterocycles. The highest BCUT2D eigenvalue weighted by Gasteiger charge is 2.62. The molecule has 0 saturated heterocycles. The summed E-state index contributed by atoms with van der Waals surface area (Å²) >= 11 is 0. The lowest BCUT2D eigenvalue weighted by molar-refractivity contribution is 0.739. The van der Waals surface area contributed by atoms with Crippen molar-refractivity contribution in [1.82, 2.24) is 0 Å². The van der Waals surface area contributed by atoms with Crippen molar-refractivity contribution in [3.63, 3.8) is 0 Å². The molecule has 5 aromatic carbocycles. The maximum atomic E-state index is 2.54. The van der Waals surface area contributed by atoms with Crippen LogP contribution in [0.1, 0.15) is 37.5 Å². The molecule has 5 aromatic rings. The van der Waals surface area contributed by atoms with Gasteiger partial charge in [-0.1, -0.05) is 199 Å². The Hall–Kier alpha value is -3.47. The van der Waals surface area contributed by atoms with E-state index in [1.165, 1.54) is 16.7 Å². The molecule has 0 fully saturated rings. The van der Waals surface area contributed by atoms with Crippen LogP contribution in [0.25, 0.3) is 0 Å². The van der Waals surface area contributed by atoms with Gasteiger partial charge in [0, 0.05) is 0 Å². The van der Waals surface area contributed by atoms with Crippen molar-refractivity contribution in [3.8, 4) is 0 Å². The Morgan fingerprint density at radius 3 is 0.897 bits per heavy atom. The zero-order valence-corrected chi connectivity index (χ0v) is 25.6. The monoisotopic (exact) mass is 540 g/mol. The summed E-state index contributed by atoms with van der Waals surface area (Å²) < 4.78 is 0. The smallest absolute Gasteiger partial charge is 0.0628 e. The van der Waals surface area contributed by atoms with Gasteiger partial charge in [-0.3, -0.25) is 0 Å². The Bertz CT molecular complexity index is 1280. The zero-order valence-electron chi connectivity index (χ0n) is 23.6. The van der Waals surface area contributed by atoms with E-state index in [1.807, 2.05) is 0 Å². The van der Waals surface area contributed by atoms with Gasteiger partial charge < -0.3 is 0 Å². The van der Waals surface area contributed by atoms with Crippen LogP contribution in [0.5, 0.6) is 0 Å². The first kappa shape index (κ1) is 27.1. The first-order chi connectivity index (χ1) is 18.9. The maximum absolute atomic E-state index is 2.54. The second kappa shape index (κ2) is 11.7.